The van der Waals surface area contributed by atoms with E-state index in [1.165, 1.54) is 11.1 Å². The van der Waals surface area contributed by atoms with Gasteiger partial charge in [0.05, 0.1) is 10.7 Å². The molecule has 2 aromatic carbocycles. The number of nitrogens with one attached hydrogen (secondary N) is 3. The summed E-state index contributed by atoms with van der Waals surface area (Å²) in [5.74, 6) is -0.0853. The number of halogens is 1. The van der Waals surface area contributed by atoms with E-state index >= 15 is 0 Å². The number of carbonyl (C=O) groups is 1. The van der Waals surface area contributed by atoms with Crippen LogP contribution in [-0.4, -0.2) is 11.9 Å². The SMILES string of the molecule is Cc1ccc(C2CC(C(=O)Nc3ccc(C)cc3Cl)NN2)cc1. The van der Waals surface area contributed by atoms with Crippen molar-refractivity contribution in [1.29, 1.82) is 0 Å². The third kappa shape index (κ3) is 3.72. The highest BCUT2D eigenvalue weighted by Crippen LogP contribution is 2.26. The number of anilines is 1. The Morgan fingerprint density at radius 3 is 2.48 bits per heavy atom. The van der Waals surface area contributed by atoms with Gasteiger partial charge in [-0.3, -0.25) is 4.79 Å². The number of carbonyl (C=O) groups excluding carboxylic acids is 1. The predicted octanol–water partition coefficient (Wildman–Crippen LogP) is 3.50. The van der Waals surface area contributed by atoms with E-state index in [0.717, 1.165) is 5.56 Å². The molecular formula is C18H20ClN3O. The van der Waals surface area contributed by atoms with E-state index in [1.807, 2.05) is 25.1 Å². The van der Waals surface area contributed by atoms with E-state index in [-0.39, 0.29) is 18.0 Å². The number of hydrogen-bond acceptors (Lipinski definition) is 3. The maximum Gasteiger partial charge on any atom is 0.242 e. The molecule has 1 fully saturated rings. The average Bonchev–Trinajstić information content (AvgIpc) is 3.01. The van der Waals surface area contributed by atoms with Crippen LogP contribution in [0.3, 0.4) is 0 Å². The molecule has 120 valence electrons. The van der Waals surface area contributed by atoms with Crippen LogP contribution in [-0.2, 0) is 4.79 Å². The fourth-order valence-corrected chi connectivity index (χ4v) is 2.97. The van der Waals surface area contributed by atoms with E-state index < -0.39 is 0 Å². The Kier molecular flexibility index (Phi) is 4.66. The number of aryl methyl sites for hydroxylation is 2. The first kappa shape index (κ1) is 16.0. The van der Waals surface area contributed by atoms with Crippen molar-refractivity contribution in [3.63, 3.8) is 0 Å². The van der Waals surface area contributed by atoms with Crippen LogP contribution >= 0.6 is 11.6 Å². The molecule has 1 amide bonds. The Bertz CT molecular complexity index is 715. The summed E-state index contributed by atoms with van der Waals surface area (Å²) in [5.41, 5.74) is 10.4. The quantitative estimate of drug-likeness (QED) is 0.807. The predicted molar refractivity (Wildman–Crippen MR) is 93.4 cm³/mol. The molecule has 0 saturated carbocycles. The van der Waals surface area contributed by atoms with Crippen LogP contribution in [0.1, 0.15) is 29.2 Å². The van der Waals surface area contributed by atoms with Gasteiger partial charge in [-0.15, -0.1) is 0 Å². The van der Waals surface area contributed by atoms with E-state index in [4.69, 9.17) is 11.6 Å². The van der Waals surface area contributed by atoms with Gasteiger partial charge in [0.2, 0.25) is 5.91 Å². The molecule has 0 aromatic heterocycles. The summed E-state index contributed by atoms with van der Waals surface area (Å²) < 4.78 is 0. The third-order valence-electron chi connectivity index (χ3n) is 4.08. The molecule has 1 aliphatic rings. The van der Waals surface area contributed by atoms with E-state index in [9.17, 15) is 4.79 Å². The van der Waals surface area contributed by atoms with E-state index in [2.05, 4.69) is 47.4 Å². The molecule has 1 saturated heterocycles. The Morgan fingerprint density at radius 1 is 1.09 bits per heavy atom. The first-order valence-corrected chi connectivity index (χ1v) is 8.05. The Balaban J connectivity index is 1.64. The van der Waals surface area contributed by atoms with Crippen LogP contribution in [0.4, 0.5) is 5.69 Å². The van der Waals surface area contributed by atoms with Crippen molar-refractivity contribution in [2.45, 2.75) is 32.4 Å². The van der Waals surface area contributed by atoms with Gasteiger partial charge in [-0.25, -0.2) is 10.9 Å². The minimum absolute atomic E-state index is 0.0853. The lowest BCUT2D eigenvalue weighted by molar-refractivity contribution is -0.117. The van der Waals surface area contributed by atoms with Crippen molar-refractivity contribution in [2.75, 3.05) is 5.32 Å². The van der Waals surface area contributed by atoms with Gasteiger partial charge in [0, 0.05) is 6.04 Å². The Labute approximate surface area is 141 Å². The Morgan fingerprint density at radius 2 is 1.78 bits per heavy atom. The molecule has 2 unspecified atom stereocenters. The fraction of sp³-hybridized carbons (Fsp3) is 0.278. The molecule has 1 aliphatic heterocycles. The second-order valence-electron chi connectivity index (χ2n) is 6.01. The van der Waals surface area contributed by atoms with Crippen molar-refractivity contribution in [3.05, 3.63) is 64.2 Å². The zero-order valence-electron chi connectivity index (χ0n) is 13.2. The van der Waals surface area contributed by atoms with Crippen LogP contribution < -0.4 is 16.2 Å². The van der Waals surface area contributed by atoms with Crippen molar-refractivity contribution in [2.24, 2.45) is 0 Å². The first-order valence-electron chi connectivity index (χ1n) is 7.67. The number of hydrogen-bond donors (Lipinski definition) is 3. The first-order chi connectivity index (χ1) is 11.0. The molecule has 23 heavy (non-hydrogen) atoms. The second kappa shape index (κ2) is 6.71. The second-order valence-corrected chi connectivity index (χ2v) is 6.42. The highest BCUT2D eigenvalue weighted by atomic mass is 35.5. The van der Waals surface area contributed by atoms with Crippen LogP contribution in [0, 0.1) is 13.8 Å². The zero-order valence-corrected chi connectivity index (χ0v) is 13.9. The molecule has 0 bridgehead atoms. The minimum atomic E-state index is -0.293. The van der Waals surface area contributed by atoms with Crippen LogP contribution in [0.25, 0.3) is 0 Å². The highest BCUT2D eigenvalue weighted by molar-refractivity contribution is 6.33. The largest absolute Gasteiger partial charge is 0.323 e. The molecule has 0 spiro atoms. The minimum Gasteiger partial charge on any atom is -0.323 e. The summed E-state index contributed by atoms with van der Waals surface area (Å²) in [5, 5.41) is 3.44. The number of hydrazine groups is 1. The normalized spacial score (nSPS) is 20.5. The fourth-order valence-electron chi connectivity index (χ4n) is 2.69. The average molecular weight is 330 g/mol. The van der Waals surface area contributed by atoms with Crippen LogP contribution in [0.5, 0.6) is 0 Å². The number of rotatable bonds is 3. The van der Waals surface area contributed by atoms with Gasteiger partial charge in [-0.2, -0.15) is 0 Å². The van der Waals surface area contributed by atoms with E-state index in [1.54, 1.807) is 0 Å². The zero-order chi connectivity index (χ0) is 16.4. The van der Waals surface area contributed by atoms with Crippen molar-refractivity contribution >= 4 is 23.2 Å². The molecule has 0 aliphatic carbocycles. The maximum absolute atomic E-state index is 12.4. The van der Waals surface area contributed by atoms with Gasteiger partial charge in [-0.1, -0.05) is 47.5 Å². The van der Waals surface area contributed by atoms with Gasteiger partial charge in [0.25, 0.3) is 0 Å². The van der Waals surface area contributed by atoms with Crippen LogP contribution in [0.15, 0.2) is 42.5 Å². The molecule has 2 atom stereocenters. The smallest absolute Gasteiger partial charge is 0.242 e. The summed E-state index contributed by atoms with van der Waals surface area (Å²) in [7, 11) is 0. The van der Waals surface area contributed by atoms with Gasteiger partial charge in [-0.05, 0) is 43.5 Å². The molecule has 5 heteroatoms. The van der Waals surface area contributed by atoms with Crippen LogP contribution in [0.2, 0.25) is 5.02 Å². The summed E-state index contributed by atoms with van der Waals surface area (Å²) in [6.45, 7) is 4.03. The lowest BCUT2D eigenvalue weighted by Gasteiger charge is -2.12. The lowest BCUT2D eigenvalue weighted by Crippen LogP contribution is -2.39. The standard InChI is InChI=1S/C18H20ClN3O/c1-11-3-6-13(7-4-11)16-10-17(22-21-16)18(23)20-15-8-5-12(2)9-14(15)19/h3-9,16-17,21-22H,10H2,1-2H3,(H,20,23). The molecule has 1 heterocycles. The third-order valence-corrected chi connectivity index (χ3v) is 4.39. The maximum atomic E-state index is 12.4. The van der Waals surface area contributed by atoms with Gasteiger partial charge >= 0.3 is 0 Å². The number of benzene rings is 2. The summed E-state index contributed by atoms with van der Waals surface area (Å²) >= 11 is 6.17. The highest BCUT2D eigenvalue weighted by Gasteiger charge is 2.30. The van der Waals surface area contributed by atoms with E-state index in [0.29, 0.717) is 17.1 Å². The molecule has 3 N–H and O–H groups in total. The monoisotopic (exact) mass is 329 g/mol. The van der Waals surface area contributed by atoms with Crippen molar-refractivity contribution < 1.29 is 4.79 Å². The lowest BCUT2D eigenvalue weighted by atomic mass is 10.0. The van der Waals surface area contributed by atoms with Crippen molar-refractivity contribution in [3.8, 4) is 0 Å². The topological polar surface area (TPSA) is 53.2 Å². The van der Waals surface area contributed by atoms with Gasteiger partial charge in [0.15, 0.2) is 0 Å². The van der Waals surface area contributed by atoms with Gasteiger partial charge < -0.3 is 5.32 Å². The summed E-state index contributed by atoms with van der Waals surface area (Å²) in [4.78, 5) is 12.4. The molecular weight excluding hydrogens is 310 g/mol. The summed E-state index contributed by atoms with van der Waals surface area (Å²) in [6.07, 6.45) is 0.693. The molecule has 3 rings (SSSR count). The molecule has 2 aromatic rings. The van der Waals surface area contributed by atoms with Gasteiger partial charge in [0.1, 0.15) is 6.04 Å². The Hall–Kier alpha value is -1.88. The number of amides is 1. The molecule has 4 nitrogen and oxygen atoms in total. The molecule has 0 radical (unpaired) electrons. The van der Waals surface area contributed by atoms with Crippen molar-refractivity contribution in [1.82, 2.24) is 10.9 Å². The summed E-state index contributed by atoms with van der Waals surface area (Å²) in [6, 6.07) is 13.8.